The van der Waals surface area contributed by atoms with Crippen LogP contribution in [0.1, 0.15) is 36.0 Å². The average Bonchev–Trinajstić information content (AvgIpc) is 3.08. The van der Waals surface area contributed by atoms with Crippen LogP contribution < -0.4 is 5.32 Å². The summed E-state index contributed by atoms with van der Waals surface area (Å²) in [6, 6.07) is 6.06. The van der Waals surface area contributed by atoms with Crippen molar-refractivity contribution in [2.24, 2.45) is 5.92 Å². The molecule has 1 aliphatic rings. The molecule has 0 aliphatic heterocycles. The van der Waals surface area contributed by atoms with E-state index in [0.717, 1.165) is 12.3 Å². The van der Waals surface area contributed by atoms with E-state index in [1.807, 2.05) is 0 Å². The molecule has 1 aliphatic carbocycles. The van der Waals surface area contributed by atoms with Crippen molar-refractivity contribution >= 4 is 5.91 Å². The van der Waals surface area contributed by atoms with Crippen molar-refractivity contribution in [3.63, 3.8) is 0 Å². The maximum atomic E-state index is 13.2. The number of carbonyl (C=O) groups is 1. The molecule has 0 radical (unpaired) electrons. The second kappa shape index (κ2) is 5.10. The first-order valence-electron chi connectivity index (χ1n) is 5.80. The quantitative estimate of drug-likeness (QED) is 0.761. The smallest absolute Gasteiger partial charge is 0.254 e. The Bertz CT molecular complexity index is 374. The Morgan fingerprint density at radius 3 is 2.81 bits per heavy atom. The lowest BCUT2D eigenvalue weighted by molar-refractivity contribution is 0.0949. The molecule has 86 valence electrons. The highest BCUT2D eigenvalue weighted by molar-refractivity contribution is 5.94. The van der Waals surface area contributed by atoms with Crippen LogP contribution in [0.15, 0.2) is 24.3 Å². The molecule has 1 amide bonds. The van der Waals surface area contributed by atoms with Crippen LogP contribution in [0, 0.1) is 11.7 Å². The second-order valence-electron chi connectivity index (χ2n) is 4.32. The summed E-state index contributed by atoms with van der Waals surface area (Å²) in [5.74, 6) is 0.112. The van der Waals surface area contributed by atoms with E-state index in [4.69, 9.17) is 0 Å². The third kappa shape index (κ3) is 3.05. The topological polar surface area (TPSA) is 29.1 Å². The molecule has 0 bridgehead atoms. The minimum Gasteiger partial charge on any atom is -0.352 e. The van der Waals surface area contributed by atoms with E-state index in [2.05, 4.69) is 5.32 Å². The van der Waals surface area contributed by atoms with Crippen LogP contribution in [0.5, 0.6) is 0 Å². The molecule has 0 heterocycles. The lowest BCUT2D eigenvalue weighted by Crippen LogP contribution is -2.25. The zero-order chi connectivity index (χ0) is 11.4. The van der Waals surface area contributed by atoms with Crippen LogP contribution in [0.25, 0.3) is 0 Å². The summed E-state index contributed by atoms with van der Waals surface area (Å²) >= 11 is 0. The van der Waals surface area contributed by atoms with Crippen LogP contribution in [0.4, 0.5) is 4.39 Å². The summed E-state index contributed by atoms with van der Waals surface area (Å²) in [6.07, 6.45) is 4.84. The Morgan fingerprint density at radius 1 is 1.38 bits per heavy atom. The lowest BCUT2D eigenvalue weighted by Gasteiger charge is -2.05. The minimum absolute atomic E-state index is 0.133. The number of hydrogen-bond acceptors (Lipinski definition) is 1. The van der Waals surface area contributed by atoms with E-state index in [-0.39, 0.29) is 11.5 Å². The number of hydrogen-bond donors (Lipinski definition) is 1. The van der Waals surface area contributed by atoms with Crippen LogP contribution in [-0.2, 0) is 0 Å². The van der Waals surface area contributed by atoms with Crippen LogP contribution in [0.3, 0.4) is 0 Å². The number of rotatable bonds is 5. The van der Waals surface area contributed by atoms with Gasteiger partial charge in [0.05, 0.1) is 5.56 Å². The third-order valence-electron chi connectivity index (χ3n) is 2.89. The maximum Gasteiger partial charge on any atom is 0.254 e. The van der Waals surface area contributed by atoms with Gasteiger partial charge in [0, 0.05) is 6.54 Å². The molecule has 16 heavy (non-hydrogen) atoms. The zero-order valence-electron chi connectivity index (χ0n) is 9.21. The van der Waals surface area contributed by atoms with E-state index in [9.17, 15) is 9.18 Å². The molecular formula is C13H16FNO. The number of nitrogens with one attached hydrogen (secondary N) is 1. The van der Waals surface area contributed by atoms with Gasteiger partial charge in [0.1, 0.15) is 5.82 Å². The van der Waals surface area contributed by atoms with Gasteiger partial charge in [-0.15, -0.1) is 0 Å². The van der Waals surface area contributed by atoms with Gasteiger partial charge in [-0.25, -0.2) is 4.39 Å². The van der Waals surface area contributed by atoms with Gasteiger partial charge in [-0.05, 0) is 30.9 Å². The first-order chi connectivity index (χ1) is 7.77. The van der Waals surface area contributed by atoms with E-state index >= 15 is 0 Å². The molecule has 2 rings (SSSR count). The molecule has 0 atom stereocenters. The number of amides is 1. The lowest BCUT2D eigenvalue weighted by atomic mass is 10.2. The normalized spacial score (nSPS) is 14.8. The van der Waals surface area contributed by atoms with E-state index in [1.54, 1.807) is 12.1 Å². The average molecular weight is 221 g/mol. The Labute approximate surface area is 94.9 Å². The summed E-state index contributed by atoms with van der Waals surface area (Å²) < 4.78 is 13.2. The van der Waals surface area contributed by atoms with Crippen molar-refractivity contribution in [2.75, 3.05) is 6.54 Å². The predicted molar refractivity (Wildman–Crippen MR) is 60.7 cm³/mol. The zero-order valence-corrected chi connectivity index (χ0v) is 9.21. The molecule has 0 saturated heterocycles. The molecular weight excluding hydrogens is 205 g/mol. The Hall–Kier alpha value is -1.38. The van der Waals surface area contributed by atoms with E-state index in [0.29, 0.717) is 6.54 Å². The monoisotopic (exact) mass is 221 g/mol. The van der Waals surface area contributed by atoms with Crippen molar-refractivity contribution < 1.29 is 9.18 Å². The van der Waals surface area contributed by atoms with Crippen molar-refractivity contribution in [3.05, 3.63) is 35.6 Å². The fourth-order valence-corrected chi connectivity index (χ4v) is 1.74. The molecule has 0 spiro atoms. The van der Waals surface area contributed by atoms with E-state index < -0.39 is 5.82 Å². The Balaban J connectivity index is 1.76. The number of halogens is 1. The molecule has 1 aromatic rings. The number of benzene rings is 1. The van der Waals surface area contributed by atoms with E-state index in [1.165, 1.54) is 31.4 Å². The molecule has 0 unspecified atom stereocenters. The fourth-order valence-electron chi connectivity index (χ4n) is 1.74. The molecule has 2 nitrogen and oxygen atoms in total. The van der Waals surface area contributed by atoms with Crippen molar-refractivity contribution in [2.45, 2.75) is 25.7 Å². The molecule has 3 heteroatoms. The van der Waals surface area contributed by atoms with Crippen LogP contribution in [0.2, 0.25) is 0 Å². The molecule has 1 saturated carbocycles. The fraction of sp³-hybridized carbons (Fsp3) is 0.462. The Kier molecular flexibility index (Phi) is 3.54. The predicted octanol–water partition coefficient (Wildman–Crippen LogP) is 2.75. The third-order valence-corrected chi connectivity index (χ3v) is 2.89. The van der Waals surface area contributed by atoms with Gasteiger partial charge in [-0.3, -0.25) is 4.79 Å². The van der Waals surface area contributed by atoms with Gasteiger partial charge in [0.2, 0.25) is 0 Å². The highest BCUT2D eigenvalue weighted by atomic mass is 19.1. The standard InChI is InChI=1S/C13H16FNO/c14-12-6-2-1-5-11(12)13(16)15-9-3-4-10-7-8-10/h1-2,5-6,10H,3-4,7-9H2,(H,15,16). The molecule has 1 N–H and O–H groups in total. The van der Waals surface area contributed by atoms with Gasteiger partial charge in [0.15, 0.2) is 0 Å². The number of carbonyl (C=O) groups excluding carboxylic acids is 1. The molecule has 1 aromatic carbocycles. The second-order valence-corrected chi connectivity index (χ2v) is 4.32. The highest BCUT2D eigenvalue weighted by Crippen LogP contribution is 2.33. The van der Waals surface area contributed by atoms with Gasteiger partial charge in [0.25, 0.3) is 5.91 Å². The summed E-state index contributed by atoms with van der Waals surface area (Å²) in [6.45, 7) is 0.643. The summed E-state index contributed by atoms with van der Waals surface area (Å²) in [5, 5.41) is 2.74. The highest BCUT2D eigenvalue weighted by Gasteiger charge is 2.20. The summed E-state index contributed by atoms with van der Waals surface area (Å²) in [4.78, 5) is 11.6. The van der Waals surface area contributed by atoms with Crippen LogP contribution in [-0.4, -0.2) is 12.5 Å². The largest absolute Gasteiger partial charge is 0.352 e. The molecule has 1 fully saturated rings. The first-order valence-corrected chi connectivity index (χ1v) is 5.80. The van der Waals surface area contributed by atoms with Crippen molar-refractivity contribution in [3.8, 4) is 0 Å². The van der Waals surface area contributed by atoms with Gasteiger partial charge < -0.3 is 5.32 Å². The summed E-state index contributed by atoms with van der Waals surface area (Å²) in [7, 11) is 0. The molecule has 0 aromatic heterocycles. The maximum absolute atomic E-state index is 13.2. The van der Waals surface area contributed by atoms with Crippen LogP contribution >= 0.6 is 0 Å². The minimum atomic E-state index is -0.456. The SMILES string of the molecule is O=C(NCCCC1CC1)c1ccccc1F. The Morgan fingerprint density at radius 2 is 2.12 bits per heavy atom. The first kappa shape index (κ1) is 11.1. The van der Waals surface area contributed by atoms with Gasteiger partial charge in [-0.1, -0.05) is 25.0 Å². The van der Waals surface area contributed by atoms with Gasteiger partial charge in [-0.2, -0.15) is 0 Å². The van der Waals surface area contributed by atoms with Crippen molar-refractivity contribution in [1.82, 2.24) is 5.32 Å². The van der Waals surface area contributed by atoms with Gasteiger partial charge >= 0.3 is 0 Å². The van der Waals surface area contributed by atoms with Crippen molar-refractivity contribution in [1.29, 1.82) is 0 Å². The summed E-state index contributed by atoms with van der Waals surface area (Å²) in [5.41, 5.74) is 0.133.